The van der Waals surface area contributed by atoms with Crippen molar-refractivity contribution in [2.24, 2.45) is 0 Å². The lowest BCUT2D eigenvalue weighted by Gasteiger charge is -2.27. The topological polar surface area (TPSA) is 85.9 Å². The van der Waals surface area contributed by atoms with Crippen LogP contribution in [0.3, 0.4) is 0 Å². The Morgan fingerprint density at radius 2 is 1.84 bits per heavy atom. The Hall–Kier alpha value is -2.90. The molecule has 0 saturated carbocycles. The van der Waals surface area contributed by atoms with Crippen molar-refractivity contribution in [3.63, 3.8) is 0 Å². The Kier molecular flexibility index (Phi) is 6.77. The average Bonchev–Trinajstić information content (AvgIpc) is 3.24. The third-order valence-corrected chi connectivity index (χ3v) is 6.29. The molecule has 0 bridgehead atoms. The quantitative estimate of drug-likeness (QED) is 0.694. The highest BCUT2D eigenvalue weighted by Gasteiger charge is 2.43. The lowest BCUT2D eigenvalue weighted by molar-refractivity contribution is -0.180. The first-order chi connectivity index (χ1) is 15.6. The molecule has 32 heavy (non-hydrogen) atoms. The minimum atomic E-state index is -0.417. The van der Waals surface area contributed by atoms with Crippen molar-refractivity contribution in [2.75, 3.05) is 33.4 Å². The molecule has 2 aromatic carbocycles. The van der Waals surface area contributed by atoms with Crippen molar-refractivity contribution in [3.05, 3.63) is 64.7 Å². The molecule has 170 valence electrons. The van der Waals surface area contributed by atoms with Gasteiger partial charge in [-0.05, 0) is 30.5 Å². The summed E-state index contributed by atoms with van der Waals surface area (Å²) in [5, 5.41) is 5.60. The van der Waals surface area contributed by atoms with Gasteiger partial charge in [0.05, 0.1) is 24.2 Å². The van der Waals surface area contributed by atoms with Crippen molar-refractivity contribution >= 4 is 11.8 Å². The van der Waals surface area contributed by atoms with E-state index in [4.69, 9.17) is 14.2 Å². The summed E-state index contributed by atoms with van der Waals surface area (Å²) < 4.78 is 17.2. The van der Waals surface area contributed by atoms with Crippen molar-refractivity contribution < 1.29 is 23.8 Å². The number of nitrogens with one attached hydrogen (secondary N) is 2. The number of hydrogen-bond donors (Lipinski definition) is 2. The van der Waals surface area contributed by atoms with Gasteiger partial charge in [0, 0.05) is 31.1 Å². The fourth-order valence-corrected chi connectivity index (χ4v) is 4.45. The Morgan fingerprint density at radius 1 is 1.09 bits per heavy atom. The van der Waals surface area contributed by atoms with E-state index in [2.05, 4.69) is 29.7 Å². The normalized spacial score (nSPS) is 20.3. The minimum absolute atomic E-state index is 0.237. The maximum absolute atomic E-state index is 13.0. The second kappa shape index (κ2) is 9.71. The van der Waals surface area contributed by atoms with Crippen LogP contribution in [0.25, 0.3) is 0 Å². The Labute approximate surface area is 188 Å². The van der Waals surface area contributed by atoms with Crippen molar-refractivity contribution in [2.45, 2.75) is 37.9 Å². The van der Waals surface area contributed by atoms with Gasteiger partial charge in [0.25, 0.3) is 11.8 Å². The van der Waals surface area contributed by atoms with E-state index in [1.54, 1.807) is 13.1 Å². The summed E-state index contributed by atoms with van der Waals surface area (Å²) in [7, 11) is 1.57. The minimum Gasteiger partial charge on any atom is -0.491 e. The van der Waals surface area contributed by atoms with Crippen LogP contribution < -0.4 is 15.4 Å². The molecule has 2 amide bonds. The lowest BCUT2D eigenvalue weighted by atomic mass is 9.73. The molecule has 7 nitrogen and oxygen atoms in total. The van der Waals surface area contributed by atoms with Crippen LogP contribution >= 0.6 is 0 Å². The van der Waals surface area contributed by atoms with E-state index in [1.165, 1.54) is 0 Å². The van der Waals surface area contributed by atoms with Gasteiger partial charge in [-0.3, -0.25) is 9.59 Å². The van der Waals surface area contributed by atoms with Crippen molar-refractivity contribution in [3.8, 4) is 5.75 Å². The monoisotopic (exact) mass is 438 g/mol. The standard InChI is InChI=1S/C25H30N2O5/c1-3-25(18-8-5-4-6-9-18)16-32-22-19(24(29)26-2)14-17(15-20(22)25)23(28)27-11-10-21-30-12-7-13-31-21/h4-6,8-9,14-15,21H,3,7,10-13,16H2,1-2H3,(H,26,29)(H,27,28)/t25-/m0/s1. The van der Waals surface area contributed by atoms with Gasteiger partial charge in [0.15, 0.2) is 6.29 Å². The van der Waals surface area contributed by atoms with Crippen LogP contribution in [0.5, 0.6) is 5.75 Å². The van der Waals surface area contributed by atoms with Gasteiger partial charge in [-0.2, -0.15) is 0 Å². The molecule has 1 atom stereocenters. The molecule has 2 aliphatic rings. The van der Waals surface area contributed by atoms with Gasteiger partial charge in [-0.1, -0.05) is 37.3 Å². The molecule has 2 aromatic rings. The molecule has 0 unspecified atom stereocenters. The molecule has 0 spiro atoms. The molecule has 0 aliphatic carbocycles. The zero-order valence-electron chi connectivity index (χ0n) is 18.6. The van der Waals surface area contributed by atoms with Gasteiger partial charge in [0.1, 0.15) is 12.4 Å². The molecule has 7 heteroatoms. The van der Waals surface area contributed by atoms with Gasteiger partial charge >= 0.3 is 0 Å². The Balaban J connectivity index is 1.64. The number of hydrogen-bond acceptors (Lipinski definition) is 5. The highest BCUT2D eigenvalue weighted by atomic mass is 16.7. The highest BCUT2D eigenvalue weighted by molar-refractivity contribution is 6.02. The first-order valence-corrected chi connectivity index (χ1v) is 11.2. The van der Waals surface area contributed by atoms with E-state index in [0.29, 0.717) is 49.7 Å². The lowest BCUT2D eigenvalue weighted by Crippen LogP contribution is -2.32. The van der Waals surface area contributed by atoms with E-state index in [1.807, 2.05) is 24.3 Å². The van der Waals surface area contributed by atoms with Crippen LogP contribution in [0.15, 0.2) is 42.5 Å². The number of fused-ring (bicyclic) bond motifs is 1. The van der Waals surface area contributed by atoms with E-state index >= 15 is 0 Å². The molecular weight excluding hydrogens is 408 g/mol. The molecule has 2 heterocycles. The van der Waals surface area contributed by atoms with E-state index in [-0.39, 0.29) is 18.1 Å². The first-order valence-electron chi connectivity index (χ1n) is 11.2. The fraction of sp³-hybridized carbons (Fsp3) is 0.440. The molecule has 2 aliphatic heterocycles. The predicted molar refractivity (Wildman–Crippen MR) is 120 cm³/mol. The van der Waals surface area contributed by atoms with Gasteiger partial charge < -0.3 is 24.8 Å². The van der Waals surface area contributed by atoms with Gasteiger partial charge in [-0.15, -0.1) is 0 Å². The molecule has 0 radical (unpaired) electrons. The van der Waals surface area contributed by atoms with Gasteiger partial charge in [0.2, 0.25) is 0 Å². The molecule has 1 saturated heterocycles. The third-order valence-electron chi connectivity index (χ3n) is 6.29. The Bertz CT molecular complexity index is 972. The highest BCUT2D eigenvalue weighted by Crippen LogP contribution is 2.47. The second-order valence-corrected chi connectivity index (χ2v) is 8.14. The molecule has 1 fully saturated rings. The van der Waals surface area contributed by atoms with E-state index in [9.17, 15) is 9.59 Å². The van der Waals surface area contributed by atoms with Crippen LogP contribution in [-0.2, 0) is 14.9 Å². The van der Waals surface area contributed by atoms with E-state index < -0.39 is 5.41 Å². The van der Waals surface area contributed by atoms with E-state index in [0.717, 1.165) is 24.0 Å². The summed E-state index contributed by atoms with van der Waals surface area (Å²) in [6, 6.07) is 13.6. The smallest absolute Gasteiger partial charge is 0.254 e. The summed E-state index contributed by atoms with van der Waals surface area (Å²) in [5.41, 5.74) is 2.37. The number of rotatable bonds is 7. The summed E-state index contributed by atoms with van der Waals surface area (Å²) >= 11 is 0. The first kappa shape index (κ1) is 22.3. The molecule has 2 N–H and O–H groups in total. The fourth-order valence-electron chi connectivity index (χ4n) is 4.45. The van der Waals surface area contributed by atoms with Crippen LogP contribution in [0.1, 0.15) is 58.0 Å². The maximum Gasteiger partial charge on any atom is 0.254 e. The molecule has 0 aromatic heterocycles. The zero-order chi connectivity index (χ0) is 22.6. The predicted octanol–water partition coefficient (Wildman–Crippen LogP) is 3.02. The van der Waals surface area contributed by atoms with Crippen molar-refractivity contribution in [1.82, 2.24) is 10.6 Å². The largest absolute Gasteiger partial charge is 0.491 e. The molecular formula is C25H30N2O5. The number of benzene rings is 2. The number of amides is 2. The second-order valence-electron chi connectivity index (χ2n) is 8.14. The summed E-state index contributed by atoms with van der Waals surface area (Å²) in [5.74, 6) is 0.0363. The summed E-state index contributed by atoms with van der Waals surface area (Å²) in [6.45, 7) is 4.30. The third kappa shape index (κ3) is 4.23. The zero-order valence-corrected chi connectivity index (χ0v) is 18.6. The Morgan fingerprint density at radius 3 is 2.53 bits per heavy atom. The number of carbonyl (C=O) groups excluding carboxylic acids is 2. The summed E-state index contributed by atoms with van der Waals surface area (Å²) in [4.78, 5) is 25.7. The van der Waals surface area contributed by atoms with Crippen LogP contribution in [0, 0.1) is 0 Å². The maximum atomic E-state index is 13.0. The van der Waals surface area contributed by atoms with Crippen LogP contribution in [-0.4, -0.2) is 51.5 Å². The average molecular weight is 439 g/mol. The van der Waals surface area contributed by atoms with Crippen LogP contribution in [0.4, 0.5) is 0 Å². The number of ether oxygens (including phenoxy) is 3. The van der Waals surface area contributed by atoms with Crippen LogP contribution in [0.2, 0.25) is 0 Å². The summed E-state index contributed by atoms with van der Waals surface area (Å²) in [6.07, 6.45) is 1.96. The van der Waals surface area contributed by atoms with Gasteiger partial charge in [-0.25, -0.2) is 0 Å². The number of carbonyl (C=O) groups is 2. The molecule has 4 rings (SSSR count). The van der Waals surface area contributed by atoms with Crippen molar-refractivity contribution in [1.29, 1.82) is 0 Å². The SMILES string of the molecule is CC[C@@]1(c2ccccc2)COc2c(C(=O)NC)cc(C(=O)NCCC3OCCCO3)cc21.